The molecule has 0 saturated carbocycles. The van der Waals surface area contributed by atoms with E-state index in [0.717, 1.165) is 19.4 Å². The van der Waals surface area contributed by atoms with E-state index >= 15 is 0 Å². The maximum atomic E-state index is 9.93. The van der Waals surface area contributed by atoms with Crippen LogP contribution in [0.5, 0.6) is 5.75 Å². The number of hydrogen-bond donors (Lipinski definition) is 1. The van der Waals surface area contributed by atoms with Gasteiger partial charge in [0.1, 0.15) is 5.75 Å². The average molecular weight is 321 g/mol. The highest BCUT2D eigenvalue weighted by Gasteiger charge is 2.21. The van der Waals surface area contributed by atoms with Crippen LogP contribution in [0, 0.1) is 0 Å². The first-order valence-electron chi connectivity index (χ1n) is 8.83. The second-order valence-corrected chi connectivity index (χ2v) is 7.07. The van der Waals surface area contributed by atoms with Crippen LogP contribution in [0.3, 0.4) is 0 Å². The molecule has 1 aliphatic carbocycles. The molecular formula is C22H27NO. The van der Waals surface area contributed by atoms with Crippen LogP contribution in [-0.4, -0.2) is 30.6 Å². The van der Waals surface area contributed by atoms with E-state index in [1.807, 2.05) is 12.1 Å². The van der Waals surface area contributed by atoms with Crippen molar-refractivity contribution in [1.82, 2.24) is 4.90 Å². The lowest BCUT2D eigenvalue weighted by atomic mass is 9.87. The summed E-state index contributed by atoms with van der Waals surface area (Å²) in [4.78, 5) is 2.25. The number of phenols is 1. The molecule has 126 valence electrons. The second-order valence-electron chi connectivity index (χ2n) is 7.07. The van der Waals surface area contributed by atoms with Crippen LogP contribution >= 0.6 is 0 Å². The fourth-order valence-corrected chi connectivity index (χ4v) is 3.79. The first-order valence-corrected chi connectivity index (χ1v) is 8.83. The van der Waals surface area contributed by atoms with E-state index in [-0.39, 0.29) is 0 Å². The van der Waals surface area contributed by atoms with Crippen molar-refractivity contribution in [3.63, 3.8) is 0 Å². The number of rotatable bonds is 4. The van der Waals surface area contributed by atoms with Gasteiger partial charge in [-0.05, 0) is 74.5 Å². The minimum absolute atomic E-state index is 0.352. The van der Waals surface area contributed by atoms with Gasteiger partial charge in [-0.15, -0.1) is 0 Å². The summed E-state index contributed by atoms with van der Waals surface area (Å²) in [5.41, 5.74) is 5.55. The molecule has 1 N–H and O–H groups in total. The van der Waals surface area contributed by atoms with E-state index in [0.29, 0.717) is 11.7 Å². The molecule has 0 fully saturated rings. The largest absolute Gasteiger partial charge is 0.508 e. The molecule has 1 aliphatic rings. The summed E-state index contributed by atoms with van der Waals surface area (Å²) in [6, 6.07) is 18.6. The van der Waals surface area contributed by atoms with E-state index in [1.54, 1.807) is 6.07 Å². The molecule has 2 nitrogen and oxygen atoms in total. The molecule has 0 aromatic heterocycles. The van der Waals surface area contributed by atoms with Crippen LogP contribution in [0.15, 0.2) is 60.2 Å². The van der Waals surface area contributed by atoms with Crippen LogP contribution in [0.2, 0.25) is 0 Å². The molecule has 0 bridgehead atoms. The molecular weight excluding hydrogens is 294 g/mol. The summed E-state index contributed by atoms with van der Waals surface area (Å²) in [6.45, 7) is 0.993. The topological polar surface area (TPSA) is 23.5 Å². The Bertz CT molecular complexity index is 703. The van der Waals surface area contributed by atoms with Gasteiger partial charge in [0.05, 0.1) is 0 Å². The molecule has 0 saturated heterocycles. The summed E-state index contributed by atoms with van der Waals surface area (Å²) in [6.07, 6.45) is 4.65. The molecule has 0 heterocycles. The zero-order valence-corrected chi connectivity index (χ0v) is 14.7. The highest BCUT2D eigenvalue weighted by atomic mass is 16.3. The third-order valence-corrected chi connectivity index (χ3v) is 4.88. The van der Waals surface area contributed by atoms with Crippen molar-refractivity contribution in [3.8, 4) is 5.75 Å². The van der Waals surface area contributed by atoms with Crippen LogP contribution in [-0.2, 0) is 0 Å². The standard InChI is InChI=1S/C22H27NO/c1-23(2)16-20-12-6-10-18(17-8-4-3-5-9-17)15-22(20)19-11-7-13-21(24)14-19/h3-5,7-9,11,13-14,18,24H,6,10,12,15-16H2,1-2H3. The van der Waals surface area contributed by atoms with Crippen molar-refractivity contribution in [3.05, 3.63) is 71.3 Å². The summed E-state index contributed by atoms with van der Waals surface area (Å²) < 4.78 is 0. The maximum Gasteiger partial charge on any atom is 0.116 e. The van der Waals surface area contributed by atoms with Crippen LogP contribution < -0.4 is 0 Å². The van der Waals surface area contributed by atoms with Gasteiger partial charge in [-0.25, -0.2) is 0 Å². The minimum Gasteiger partial charge on any atom is -0.508 e. The number of allylic oxidation sites excluding steroid dienone is 1. The third kappa shape index (κ3) is 4.07. The molecule has 1 atom stereocenters. The molecule has 2 heteroatoms. The Morgan fingerprint density at radius 2 is 1.83 bits per heavy atom. The molecule has 0 aliphatic heterocycles. The number of phenolic OH excluding ortho intramolecular Hbond substituents is 1. The first kappa shape index (κ1) is 16.8. The zero-order valence-electron chi connectivity index (χ0n) is 14.7. The second kappa shape index (κ2) is 7.67. The molecule has 1 unspecified atom stereocenters. The van der Waals surface area contributed by atoms with Gasteiger partial charge >= 0.3 is 0 Å². The van der Waals surface area contributed by atoms with Gasteiger partial charge in [-0.1, -0.05) is 48.0 Å². The molecule has 2 aromatic rings. The number of nitrogens with zero attached hydrogens (tertiary/aromatic N) is 1. The van der Waals surface area contributed by atoms with Crippen LogP contribution in [0.1, 0.15) is 42.7 Å². The molecule has 0 spiro atoms. The van der Waals surface area contributed by atoms with Crippen molar-refractivity contribution in [2.24, 2.45) is 0 Å². The number of hydrogen-bond acceptors (Lipinski definition) is 2. The molecule has 0 radical (unpaired) electrons. The Labute approximate surface area is 145 Å². The van der Waals surface area contributed by atoms with Gasteiger partial charge in [0.15, 0.2) is 0 Å². The monoisotopic (exact) mass is 321 g/mol. The molecule has 0 amide bonds. The van der Waals surface area contributed by atoms with Crippen molar-refractivity contribution in [1.29, 1.82) is 0 Å². The molecule has 24 heavy (non-hydrogen) atoms. The maximum absolute atomic E-state index is 9.93. The predicted molar refractivity (Wildman–Crippen MR) is 101 cm³/mol. The Balaban J connectivity index is 1.99. The van der Waals surface area contributed by atoms with Crippen LogP contribution in [0.25, 0.3) is 5.57 Å². The van der Waals surface area contributed by atoms with Gasteiger partial charge in [-0.3, -0.25) is 0 Å². The zero-order chi connectivity index (χ0) is 16.9. The fourth-order valence-electron chi connectivity index (χ4n) is 3.79. The minimum atomic E-state index is 0.352. The van der Waals surface area contributed by atoms with E-state index in [9.17, 15) is 5.11 Å². The lowest BCUT2D eigenvalue weighted by molar-refractivity contribution is 0.438. The Morgan fingerprint density at radius 3 is 2.54 bits per heavy atom. The Hall–Kier alpha value is -2.06. The summed E-state index contributed by atoms with van der Waals surface area (Å²) in [5.74, 6) is 0.910. The number of likely N-dealkylation sites (N-methyl/N-ethyl adjacent to an activating group) is 1. The molecule has 3 rings (SSSR count). The highest BCUT2D eigenvalue weighted by molar-refractivity contribution is 5.71. The quantitative estimate of drug-likeness (QED) is 0.850. The normalized spacial score (nSPS) is 18.7. The van der Waals surface area contributed by atoms with Gasteiger partial charge in [0.25, 0.3) is 0 Å². The average Bonchev–Trinajstić information content (AvgIpc) is 2.78. The van der Waals surface area contributed by atoms with Crippen LogP contribution in [0.4, 0.5) is 0 Å². The smallest absolute Gasteiger partial charge is 0.116 e. The predicted octanol–water partition coefficient (Wildman–Crippen LogP) is 5.07. The lowest BCUT2D eigenvalue weighted by Gasteiger charge is -2.20. The van der Waals surface area contributed by atoms with E-state index in [1.165, 1.54) is 35.1 Å². The van der Waals surface area contributed by atoms with Gasteiger partial charge in [-0.2, -0.15) is 0 Å². The summed E-state index contributed by atoms with van der Waals surface area (Å²) in [7, 11) is 4.26. The lowest BCUT2D eigenvalue weighted by Crippen LogP contribution is -2.16. The Morgan fingerprint density at radius 1 is 1.04 bits per heavy atom. The summed E-state index contributed by atoms with van der Waals surface area (Å²) in [5, 5.41) is 9.93. The van der Waals surface area contributed by atoms with Gasteiger partial charge in [0, 0.05) is 6.54 Å². The van der Waals surface area contributed by atoms with Crippen molar-refractivity contribution in [2.45, 2.75) is 31.6 Å². The third-order valence-electron chi connectivity index (χ3n) is 4.88. The Kier molecular flexibility index (Phi) is 5.37. The van der Waals surface area contributed by atoms with E-state index in [2.05, 4.69) is 55.4 Å². The van der Waals surface area contributed by atoms with Crippen molar-refractivity contribution >= 4 is 5.57 Å². The molecule has 2 aromatic carbocycles. The first-order chi connectivity index (χ1) is 11.6. The van der Waals surface area contributed by atoms with Gasteiger partial charge < -0.3 is 10.0 Å². The van der Waals surface area contributed by atoms with Crippen molar-refractivity contribution < 1.29 is 5.11 Å². The van der Waals surface area contributed by atoms with E-state index < -0.39 is 0 Å². The number of benzene rings is 2. The van der Waals surface area contributed by atoms with E-state index in [4.69, 9.17) is 0 Å². The SMILES string of the molecule is CN(C)CC1=C(c2cccc(O)c2)CC(c2ccccc2)CCC1. The number of aromatic hydroxyl groups is 1. The summed E-state index contributed by atoms with van der Waals surface area (Å²) >= 11 is 0. The highest BCUT2D eigenvalue weighted by Crippen LogP contribution is 2.39. The van der Waals surface area contributed by atoms with Gasteiger partial charge in [0.2, 0.25) is 0 Å². The fraction of sp³-hybridized carbons (Fsp3) is 0.364. The van der Waals surface area contributed by atoms with Crippen molar-refractivity contribution in [2.75, 3.05) is 20.6 Å².